The van der Waals surface area contributed by atoms with E-state index < -0.39 is 5.97 Å². The molecule has 51 heavy (non-hydrogen) atoms. The Bertz CT molecular complexity index is 900. The highest BCUT2D eigenvalue weighted by Gasteiger charge is 2.04. The van der Waals surface area contributed by atoms with Crippen molar-refractivity contribution in [2.75, 3.05) is 119 Å². The number of carbonyl (C=O) groups is 2. The molecule has 0 aliphatic heterocycles. The van der Waals surface area contributed by atoms with Gasteiger partial charge in [-0.1, -0.05) is 51.2 Å². The SMILES string of the molecule is CCCCCCCCc1ccc(OCCOCCOCCOCCOCCOCCOCCOCCOCCOC(=O)CCCCC(=O)O)cc1. The van der Waals surface area contributed by atoms with E-state index in [0.717, 1.165) is 12.2 Å². The number of carboxylic acids is 1. The Hall–Kier alpha value is -2.36. The molecule has 0 heterocycles. The molecule has 1 aromatic carbocycles. The number of hydrogen-bond acceptors (Lipinski definition) is 12. The minimum Gasteiger partial charge on any atom is -0.491 e. The first-order valence-electron chi connectivity index (χ1n) is 18.8. The maximum Gasteiger partial charge on any atom is 0.305 e. The van der Waals surface area contributed by atoms with Crippen molar-refractivity contribution in [1.82, 2.24) is 0 Å². The molecule has 1 aromatic rings. The molecule has 0 saturated carbocycles. The minimum absolute atomic E-state index is 0.0617. The predicted molar refractivity (Wildman–Crippen MR) is 193 cm³/mol. The number of aliphatic carboxylic acids is 1. The molecule has 0 unspecified atom stereocenters. The quantitative estimate of drug-likeness (QED) is 0.0690. The van der Waals surface area contributed by atoms with E-state index in [1.807, 2.05) is 12.1 Å². The number of hydrogen-bond donors (Lipinski definition) is 1. The topological polar surface area (TPSA) is 147 Å². The number of unbranched alkanes of at least 4 members (excludes halogenated alkanes) is 6. The van der Waals surface area contributed by atoms with Gasteiger partial charge in [0.1, 0.15) is 19.0 Å². The van der Waals surface area contributed by atoms with Crippen LogP contribution in [0, 0.1) is 0 Å². The molecule has 1 rings (SSSR count). The molecule has 0 amide bonds. The standard InChI is InChI=1S/C38H66O13/c1-2-3-4-5-6-7-10-35-13-15-36(16-14-35)50-33-31-48-29-27-46-25-23-44-21-19-42-17-18-43-20-22-45-24-26-47-28-30-49-32-34-51-38(41)12-9-8-11-37(39)40/h13-16H,2-12,17-34H2,1H3,(H,39,40). The summed E-state index contributed by atoms with van der Waals surface area (Å²) in [6.07, 6.45) is 10.3. The molecule has 1 N–H and O–H groups in total. The van der Waals surface area contributed by atoms with Gasteiger partial charge in [0.25, 0.3) is 0 Å². The van der Waals surface area contributed by atoms with Gasteiger partial charge in [0, 0.05) is 12.8 Å². The van der Waals surface area contributed by atoms with Gasteiger partial charge < -0.3 is 52.5 Å². The summed E-state index contributed by atoms with van der Waals surface area (Å²) in [5, 5.41) is 8.56. The molecular formula is C38H66O13. The average Bonchev–Trinajstić information content (AvgIpc) is 3.13. The minimum atomic E-state index is -0.861. The van der Waals surface area contributed by atoms with E-state index in [4.69, 9.17) is 52.5 Å². The Kier molecular flexibility index (Phi) is 34.2. The molecule has 0 aromatic heterocycles. The summed E-state index contributed by atoms with van der Waals surface area (Å²) in [6, 6.07) is 8.40. The van der Waals surface area contributed by atoms with Crippen molar-refractivity contribution >= 4 is 11.9 Å². The zero-order valence-corrected chi connectivity index (χ0v) is 31.2. The van der Waals surface area contributed by atoms with Crippen LogP contribution in [0.5, 0.6) is 5.75 Å². The van der Waals surface area contributed by atoms with Crippen molar-refractivity contribution in [3.63, 3.8) is 0 Å². The number of carboxylic acid groups (broad SMARTS) is 1. The summed E-state index contributed by atoms with van der Waals surface area (Å²) >= 11 is 0. The molecule has 13 heteroatoms. The van der Waals surface area contributed by atoms with Crippen LogP contribution < -0.4 is 4.74 Å². The smallest absolute Gasteiger partial charge is 0.305 e. The van der Waals surface area contributed by atoms with Crippen molar-refractivity contribution in [2.24, 2.45) is 0 Å². The molecule has 0 radical (unpaired) electrons. The Morgan fingerprint density at radius 1 is 0.471 bits per heavy atom. The normalized spacial score (nSPS) is 11.2. The summed E-state index contributed by atoms with van der Waals surface area (Å²) < 4.78 is 54.6. The molecule has 0 bridgehead atoms. The van der Waals surface area contributed by atoms with Crippen LogP contribution in [0.15, 0.2) is 24.3 Å². The van der Waals surface area contributed by atoms with Crippen LogP contribution in [0.3, 0.4) is 0 Å². The first kappa shape index (κ1) is 46.7. The van der Waals surface area contributed by atoms with Crippen LogP contribution >= 0.6 is 0 Å². The van der Waals surface area contributed by atoms with Gasteiger partial charge in [0.15, 0.2) is 0 Å². The van der Waals surface area contributed by atoms with E-state index in [1.165, 1.54) is 44.1 Å². The van der Waals surface area contributed by atoms with Gasteiger partial charge in [-0.15, -0.1) is 0 Å². The van der Waals surface area contributed by atoms with Crippen LogP contribution in [0.1, 0.15) is 76.7 Å². The van der Waals surface area contributed by atoms with E-state index in [0.29, 0.717) is 119 Å². The summed E-state index contributed by atoms with van der Waals surface area (Å²) in [5.41, 5.74) is 1.37. The van der Waals surface area contributed by atoms with Crippen LogP contribution in [0.2, 0.25) is 0 Å². The highest BCUT2D eigenvalue weighted by molar-refractivity contribution is 5.69. The fourth-order valence-corrected chi connectivity index (χ4v) is 4.55. The van der Waals surface area contributed by atoms with E-state index in [1.54, 1.807) is 0 Å². The van der Waals surface area contributed by atoms with E-state index >= 15 is 0 Å². The lowest BCUT2D eigenvalue weighted by atomic mass is 10.0. The van der Waals surface area contributed by atoms with Crippen LogP contribution in [-0.2, 0) is 58.6 Å². The lowest BCUT2D eigenvalue weighted by Gasteiger charge is -2.09. The van der Waals surface area contributed by atoms with Gasteiger partial charge in [-0.2, -0.15) is 0 Å². The van der Waals surface area contributed by atoms with Gasteiger partial charge in [-0.05, 0) is 43.4 Å². The number of esters is 1. The van der Waals surface area contributed by atoms with Crippen LogP contribution in [-0.4, -0.2) is 136 Å². The van der Waals surface area contributed by atoms with E-state index in [-0.39, 0.29) is 32.0 Å². The molecule has 0 aliphatic carbocycles. The third-order valence-corrected chi connectivity index (χ3v) is 7.36. The van der Waals surface area contributed by atoms with Crippen molar-refractivity contribution < 1.29 is 62.1 Å². The molecule has 0 atom stereocenters. The van der Waals surface area contributed by atoms with Gasteiger partial charge in [-0.3, -0.25) is 9.59 Å². The second kappa shape index (κ2) is 37.4. The fourth-order valence-electron chi connectivity index (χ4n) is 4.55. The van der Waals surface area contributed by atoms with Crippen molar-refractivity contribution in [1.29, 1.82) is 0 Å². The van der Waals surface area contributed by atoms with Gasteiger partial charge in [0.2, 0.25) is 0 Å². The Labute approximate surface area is 305 Å². The Morgan fingerprint density at radius 3 is 1.31 bits per heavy atom. The molecule has 0 fully saturated rings. The largest absolute Gasteiger partial charge is 0.491 e. The summed E-state index contributed by atoms with van der Waals surface area (Å²) in [5.74, 6) is -0.329. The van der Waals surface area contributed by atoms with Gasteiger partial charge >= 0.3 is 11.9 Å². The number of benzene rings is 1. The Balaban J connectivity index is 1.70. The predicted octanol–water partition coefficient (Wildman–Crippen LogP) is 5.29. The molecule has 0 saturated heterocycles. The molecular weight excluding hydrogens is 664 g/mol. The second-order valence-corrected chi connectivity index (χ2v) is 11.7. The van der Waals surface area contributed by atoms with Gasteiger partial charge in [0.05, 0.1) is 106 Å². The van der Waals surface area contributed by atoms with Gasteiger partial charge in [-0.25, -0.2) is 0 Å². The molecule has 0 aliphatic rings. The number of carbonyl (C=O) groups excluding carboxylic acids is 1. The number of aryl methyl sites for hydroxylation is 1. The third kappa shape index (κ3) is 34.5. The highest BCUT2D eigenvalue weighted by Crippen LogP contribution is 2.15. The lowest BCUT2D eigenvalue weighted by Crippen LogP contribution is -2.15. The van der Waals surface area contributed by atoms with E-state index in [9.17, 15) is 9.59 Å². The maximum atomic E-state index is 11.5. The van der Waals surface area contributed by atoms with Crippen LogP contribution in [0.25, 0.3) is 0 Å². The first-order valence-corrected chi connectivity index (χ1v) is 18.8. The lowest BCUT2D eigenvalue weighted by molar-refractivity contribution is -0.146. The Morgan fingerprint density at radius 2 is 0.863 bits per heavy atom. The first-order chi connectivity index (χ1) is 25.1. The number of ether oxygens (including phenoxy) is 10. The van der Waals surface area contributed by atoms with Crippen molar-refractivity contribution in [2.45, 2.75) is 77.6 Å². The summed E-state index contributed by atoms with van der Waals surface area (Å²) in [6.45, 7) is 10.4. The second-order valence-electron chi connectivity index (χ2n) is 11.7. The molecule has 0 spiro atoms. The monoisotopic (exact) mass is 730 g/mol. The maximum absolute atomic E-state index is 11.5. The van der Waals surface area contributed by atoms with Crippen molar-refractivity contribution in [3.8, 4) is 5.75 Å². The number of rotatable bonds is 40. The molecule has 13 nitrogen and oxygen atoms in total. The highest BCUT2D eigenvalue weighted by atomic mass is 16.6. The van der Waals surface area contributed by atoms with Crippen molar-refractivity contribution in [3.05, 3.63) is 29.8 Å². The van der Waals surface area contributed by atoms with E-state index in [2.05, 4.69) is 19.1 Å². The molecule has 296 valence electrons. The third-order valence-electron chi connectivity index (χ3n) is 7.36. The average molecular weight is 731 g/mol. The zero-order chi connectivity index (χ0) is 36.7. The zero-order valence-electron chi connectivity index (χ0n) is 31.2. The van der Waals surface area contributed by atoms with Crippen LogP contribution in [0.4, 0.5) is 0 Å². The summed E-state index contributed by atoms with van der Waals surface area (Å²) in [4.78, 5) is 21.9. The summed E-state index contributed by atoms with van der Waals surface area (Å²) in [7, 11) is 0. The fraction of sp³-hybridized carbons (Fsp3) is 0.789.